The van der Waals surface area contributed by atoms with E-state index in [4.69, 9.17) is 10.5 Å². The first-order valence-electron chi connectivity index (χ1n) is 8.64. The number of aromatic nitrogens is 4. The van der Waals surface area contributed by atoms with Gasteiger partial charge in [0.1, 0.15) is 17.3 Å². The van der Waals surface area contributed by atoms with Crippen molar-refractivity contribution < 1.29 is 23.1 Å². The molecule has 11 heteroatoms. The monoisotopic (exact) mass is 404 g/mol. The van der Waals surface area contributed by atoms with Crippen LogP contribution in [0.4, 0.5) is 20.4 Å². The number of halogens is 2. The second kappa shape index (κ2) is 8.17. The second-order valence-electron chi connectivity index (χ2n) is 6.25. The summed E-state index contributed by atoms with van der Waals surface area (Å²) in [6.07, 6.45) is 0.267. The zero-order chi connectivity index (χ0) is 21.1. The molecule has 0 spiro atoms. The number of nitrogens with one attached hydrogen (secondary N) is 1. The first kappa shape index (κ1) is 20.1. The van der Waals surface area contributed by atoms with Crippen molar-refractivity contribution in [3.8, 4) is 0 Å². The van der Waals surface area contributed by atoms with E-state index < -0.39 is 35.8 Å². The molecule has 0 fully saturated rings. The van der Waals surface area contributed by atoms with Gasteiger partial charge in [-0.2, -0.15) is 9.50 Å². The van der Waals surface area contributed by atoms with Gasteiger partial charge in [0.25, 0.3) is 11.7 Å². The number of esters is 1. The van der Waals surface area contributed by atoms with Gasteiger partial charge in [-0.1, -0.05) is 6.07 Å². The highest BCUT2D eigenvalue weighted by Gasteiger charge is 2.16. The molecule has 1 amide bonds. The van der Waals surface area contributed by atoms with Crippen LogP contribution in [-0.4, -0.2) is 38.1 Å². The van der Waals surface area contributed by atoms with E-state index in [1.54, 1.807) is 13.8 Å². The summed E-state index contributed by atoms with van der Waals surface area (Å²) in [6, 6.07) is 3.18. The molecule has 0 aliphatic rings. The van der Waals surface area contributed by atoms with Gasteiger partial charge in [0.05, 0.1) is 0 Å². The lowest BCUT2D eigenvalue weighted by Crippen LogP contribution is -2.22. The number of para-hydroxylation sites is 1. The molecule has 0 atom stereocenters. The number of nitrogen functional groups attached to an aromatic ring is 1. The Bertz CT molecular complexity index is 1080. The number of benzene rings is 1. The summed E-state index contributed by atoms with van der Waals surface area (Å²) in [5, 5.41) is 6.09. The van der Waals surface area contributed by atoms with Gasteiger partial charge in [-0.3, -0.25) is 9.59 Å². The second-order valence-corrected chi connectivity index (χ2v) is 6.25. The SMILES string of the molecule is Cc1nc2nc(N)nn2c(C)c1CCC(=O)OCC(=O)Nc1c(F)cccc1F. The van der Waals surface area contributed by atoms with Crippen molar-refractivity contribution in [1.82, 2.24) is 19.6 Å². The van der Waals surface area contributed by atoms with E-state index in [1.807, 2.05) is 5.32 Å². The Hall–Kier alpha value is -3.63. The molecule has 152 valence electrons. The summed E-state index contributed by atoms with van der Waals surface area (Å²) >= 11 is 0. The molecular formula is C18H18F2N6O3. The molecular weight excluding hydrogens is 386 g/mol. The maximum Gasteiger partial charge on any atom is 0.306 e. The molecule has 3 rings (SSSR count). The van der Waals surface area contributed by atoms with Crippen LogP contribution in [0.25, 0.3) is 5.78 Å². The summed E-state index contributed by atoms with van der Waals surface area (Å²) in [5.74, 6) is -2.89. The van der Waals surface area contributed by atoms with Crippen LogP contribution in [0, 0.1) is 25.5 Å². The molecule has 3 aromatic rings. The standard InChI is InChI=1S/C18H18F2N6O3/c1-9-11(10(2)26-18(22-9)24-17(21)25-26)6-7-15(28)29-8-14(27)23-16-12(19)4-3-5-13(16)20/h3-5H,6-8H2,1-2H3,(H2,21,25)(H,23,27). The minimum Gasteiger partial charge on any atom is -0.456 e. The van der Waals surface area contributed by atoms with Gasteiger partial charge in [0, 0.05) is 17.8 Å². The number of rotatable bonds is 6. The summed E-state index contributed by atoms with van der Waals surface area (Å²) in [5.41, 5.74) is 7.17. The van der Waals surface area contributed by atoms with Gasteiger partial charge in [-0.25, -0.2) is 13.8 Å². The van der Waals surface area contributed by atoms with Crippen LogP contribution in [0.2, 0.25) is 0 Å². The summed E-state index contributed by atoms with van der Waals surface area (Å²) in [7, 11) is 0. The Labute approximate surface area is 163 Å². The largest absolute Gasteiger partial charge is 0.456 e. The first-order valence-corrected chi connectivity index (χ1v) is 8.64. The number of ether oxygens (including phenoxy) is 1. The zero-order valence-corrected chi connectivity index (χ0v) is 15.7. The quantitative estimate of drug-likeness (QED) is 0.599. The number of hydrogen-bond donors (Lipinski definition) is 2. The maximum absolute atomic E-state index is 13.5. The third-order valence-corrected chi connectivity index (χ3v) is 4.24. The predicted octanol–water partition coefficient (Wildman–Crippen LogP) is 1.72. The van der Waals surface area contributed by atoms with Crippen LogP contribution in [-0.2, 0) is 20.7 Å². The molecule has 3 N–H and O–H groups in total. The van der Waals surface area contributed by atoms with E-state index in [9.17, 15) is 18.4 Å². The molecule has 0 aliphatic carbocycles. The van der Waals surface area contributed by atoms with Gasteiger partial charge < -0.3 is 15.8 Å². The third kappa shape index (κ3) is 4.45. The summed E-state index contributed by atoms with van der Waals surface area (Å²) in [6.45, 7) is 2.91. The predicted molar refractivity (Wildman–Crippen MR) is 98.9 cm³/mol. The number of nitrogens with zero attached hydrogens (tertiary/aromatic N) is 4. The van der Waals surface area contributed by atoms with Crippen LogP contribution >= 0.6 is 0 Å². The van der Waals surface area contributed by atoms with Gasteiger partial charge in [-0.05, 0) is 38.0 Å². The van der Waals surface area contributed by atoms with Crippen molar-refractivity contribution in [2.45, 2.75) is 26.7 Å². The Balaban J connectivity index is 1.56. The fraction of sp³-hybridized carbons (Fsp3) is 0.278. The number of aryl methyl sites for hydroxylation is 2. The van der Waals surface area contributed by atoms with Crippen molar-refractivity contribution in [2.24, 2.45) is 0 Å². The van der Waals surface area contributed by atoms with Gasteiger partial charge in [-0.15, -0.1) is 5.10 Å². The van der Waals surface area contributed by atoms with Crippen LogP contribution in [0.3, 0.4) is 0 Å². The Kier molecular flexibility index (Phi) is 5.66. The highest BCUT2D eigenvalue weighted by atomic mass is 19.1. The highest BCUT2D eigenvalue weighted by Crippen LogP contribution is 2.18. The normalized spacial score (nSPS) is 10.9. The van der Waals surface area contributed by atoms with E-state index in [2.05, 4.69) is 15.1 Å². The average molecular weight is 404 g/mol. The Morgan fingerprint density at radius 3 is 2.59 bits per heavy atom. The summed E-state index contributed by atoms with van der Waals surface area (Å²) < 4.78 is 33.4. The van der Waals surface area contributed by atoms with Crippen molar-refractivity contribution in [3.05, 3.63) is 46.8 Å². The average Bonchev–Trinajstić information content (AvgIpc) is 3.03. The maximum atomic E-state index is 13.5. The van der Waals surface area contributed by atoms with Crippen molar-refractivity contribution in [3.63, 3.8) is 0 Å². The fourth-order valence-corrected chi connectivity index (χ4v) is 2.82. The van der Waals surface area contributed by atoms with Gasteiger partial charge >= 0.3 is 5.97 Å². The van der Waals surface area contributed by atoms with E-state index in [0.717, 1.165) is 23.4 Å². The molecule has 1 aromatic carbocycles. The van der Waals surface area contributed by atoms with Crippen LogP contribution in [0.15, 0.2) is 18.2 Å². The molecule has 0 aliphatic heterocycles. The Morgan fingerprint density at radius 2 is 1.90 bits per heavy atom. The zero-order valence-electron chi connectivity index (χ0n) is 15.7. The molecule has 0 unspecified atom stereocenters. The lowest BCUT2D eigenvalue weighted by Gasteiger charge is -2.10. The fourth-order valence-electron chi connectivity index (χ4n) is 2.82. The first-order chi connectivity index (χ1) is 13.8. The number of hydrogen-bond acceptors (Lipinski definition) is 7. The third-order valence-electron chi connectivity index (χ3n) is 4.24. The molecule has 29 heavy (non-hydrogen) atoms. The van der Waals surface area contributed by atoms with Crippen molar-refractivity contribution in [2.75, 3.05) is 17.7 Å². The minimum absolute atomic E-state index is 0.0274. The highest BCUT2D eigenvalue weighted by molar-refractivity contribution is 5.93. The number of nitrogens with two attached hydrogens (primary N) is 1. The van der Waals surface area contributed by atoms with Crippen molar-refractivity contribution >= 4 is 29.3 Å². The van der Waals surface area contributed by atoms with E-state index in [0.29, 0.717) is 17.9 Å². The molecule has 0 saturated carbocycles. The molecule has 9 nitrogen and oxygen atoms in total. The Morgan fingerprint density at radius 1 is 1.21 bits per heavy atom. The van der Waals surface area contributed by atoms with E-state index in [-0.39, 0.29) is 12.4 Å². The lowest BCUT2D eigenvalue weighted by atomic mass is 10.1. The van der Waals surface area contributed by atoms with Crippen LogP contribution < -0.4 is 11.1 Å². The number of anilines is 2. The number of carbonyl (C=O) groups excluding carboxylic acids is 2. The molecule has 2 aromatic heterocycles. The van der Waals surface area contributed by atoms with Gasteiger partial charge in [0.2, 0.25) is 5.95 Å². The smallest absolute Gasteiger partial charge is 0.306 e. The number of amides is 1. The molecule has 0 radical (unpaired) electrons. The van der Waals surface area contributed by atoms with E-state index >= 15 is 0 Å². The molecule has 0 bridgehead atoms. The molecule has 2 heterocycles. The summed E-state index contributed by atoms with van der Waals surface area (Å²) in [4.78, 5) is 32.1. The number of fused-ring (bicyclic) bond motifs is 1. The van der Waals surface area contributed by atoms with E-state index in [1.165, 1.54) is 10.6 Å². The topological polar surface area (TPSA) is 124 Å². The van der Waals surface area contributed by atoms with Crippen molar-refractivity contribution in [1.29, 1.82) is 0 Å². The lowest BCUT2D eigenvalue weighted by molar-refractivity contribution is -0.147. The van der Waals surface area contributed by atoms with Crippen LogP contribution in [0.5, 0.6) is 0 Å². The van der Waals surface area contributed by atoms with Crippen LogP contribution in [0.1, 0.15) is 23.4 Å². The molecule has 0 saturated heterocycles. The van der Waals surface area contributed by atoms with Gasteiger partial charge in [0.15, 0.2) is 6.61 Å². The number of carbonyl (C=O) groups is 2. The minimum atomic E-state index is -0.924.